The molecule has 3 heterocycles. The highest BCUT2D eigenvalue weighted by Gasteiger charge is 2.43. The minimum Gasteiger partial charge on any atom is -0.481 e. The van der Waals surface area contributed by atoms with Crippen LogP contribution in [0.3, 0.4) is 0 Å². The number of fused-ring (bicyclic) bond motifs is 1. The highest BCUT2D eigenvalue weighted by Crippen LogP contribution is 2.40. The molecular weight excluding hydrogens is 596 g/mol. The summed E-state index contributed by atoms with van der Waals surface area (Å²) in [6.45, 7) is 9.04. The Hall–Kier alpha value is -3.34. The lowest BCUT2D eigenvalue weighted by atomic mass is 9.92. The lowest BCUT2D eigenvalue weighted by Gasteiger charge is -2.37. The molecular formula is C30H34BrF2N5O3. The summed E-state index contributed by atoms with van der Waals surface area (Å²) in [4.78, 5) is 39.4. The number of piperidine rings is 2. The van der Waals surface area contributed by atoms with E-state index in [4.69, 9.17) is 4.74 Å². The maximum Gasteiger partial charge on any atom is 0.259 e. The van der Waals surface area contributed by atoms with Crippen LogP contribution < -0.4 is 19.9 Å². The van der Waals surface area contributed by atoms with E-state index in [0.717, 1.165) is 43.6 Å². The second kappa shape index (κ2) is 11.9. The van der Waals surface area contributed by atoms with E-state index < -0.39 is 17.7 Å². The molecule has 41 heavy (non-hydrogen) atoms. The highest BCUT2D eigenvalue weighted by atomic mass is 79.9. The monoisotopic (exact) mass is 629 g/mol. The van der Waals surface area contributed by atoms with Gasteiger partial charge in [-0.3, -0.25) is 9.59 Å². The molecule has 1 unspecified atom stereocenters. The fourth-order valence-corrected chi connectivity index (χ4v) is 6.69. The summed E-state index contributed by atoms with van der Waals surface area (Å²) in [7, 11) is 1.44. The lowest BCUT2D eigenvalue weighted by molar-refractivity contribution is -0.0545. The molecule has 1 aliphatic carbocycles. The van der Waals surface area contributed by atoms with E-state index in [1.54, 1.807) is 4.90 Å². The molecule has 0 spiro atoms. The van der Waals surface area contributed by atoms with E-state index in [-0.39, 0.29) is 42.9 Å². The van der Waals surface area contributed by atoms with E-state index >= 15 is 0 Å². The van der Waals surface area contributed by atoms with Crippen molar-refractivity contribution in [1.82, 2.24) is 9.97 Å². The first kappa shape index (κ1) is 29.2. The molecule has 0 saturated carbocycles. The van der Waals surface area contributed by atoms with Crippen LogP contribution in [0.5, 0.6) is 5.88 Å². The van der Waals surface area contributed by atoms with Crippen molar-refractivity contribution in [2.75, 3.05) is 48.4 Å². The number of nitrogens with zero attached hydrogens (tertiary/aromatic N) is 4. The molecule has 3 aliphatic rings. The Morgan fingerprint density at radius 2 is 1.95 bits per heavy atom. The molecule has 1 amide bonds. The predicted octanol–water partition coefficient (Wildman–Crippen LogP) is 6.07. The highest BCUT2D eigenvalue weighted by molar-refractivity contribution is 9.10. The number of ketones is 1. The molecule has 0 radical (unpaired) electrons. The Kier molecular flexibility index (Phi) is 8.45. The second-order valence-electron chi connectivity index (χ2n) is 10.8. The lowest BCUT2D eigenvalue weighted by Crippen LogP contribution is -2.47. The average molecular weight is 631 g/mol. The average Bonchev–Trinajstić information content (AvgIpc) is 3.34. The summed E-state index contributed by atoms with van der Waals surface area (Å²) in [5, 5.41) is 2.89. The number of hydrogen-bond acceptors (Lipinski definition) is 7. The molecule has 1 atom stereocenters. The predicted molar refractivity (Wildman–Crippen MR) is 159 cm³/mol. The van der Waals surface area contributed by atoms with Crippen molar-refractivity contribution in [3.8, 4) is 5.88 Å². The van der Waals surface area contributed by atoms with Gasteiger partial charge in [-0.05, 0) is 59.2 Å². The number of ether oxygens (including phenoxy) is 1. The first-order valence-corrected chi connectivity index (χ1v) is 14.7. The molecule has 11 heteroatoms. The molecule has 5 rings (SSSR count). The van der Waals surface area contributed by atoms with Gasteiger partial charge in [0.2, 0.25) is 11.8 Å². The van der Waals surface area contributed by atoms with Crippen LogP contribution in [0, 0.1) is 11.8 Å². The first-order valence-electron chi connectivity index (χ1n) is 13.9. The molecule has 2 fully saturated rings. The third kappa shape index (κ3) is 5.86. The summed E-state index contributed by atoms with van der Waals surface area (Å²) in [6.07, 6.45) is 6.58. The number of hydrogen-bond donors (Lipinski definition) is 1. The van der Waals surface area contributed by atoms with Gasteiger partial charge in [0, 0.05) is 55.1 Å². The van der Waals surface area contributed by atoms with Crippen LogP contribution in [0.15, 0.2) is 41.9 Å². The number of Topliss-reactive ketones (excluding diaryl/α,β-unsaturated/α-hetero) is 1. The van der Waals surface area contributed by atoms with Crippen molar-refractivity contribution in [2.24, 2.45) is 11.8 Å². The van der Waals surface area contributed by atoms with Gasteiger partial charge in [0.25, 0.3) is 11.8 Å². The van der Waals surface area contributed by atoms with Gasteiger partial charge in [-0.1, -0.05) is 12.2 Å². The van der Waals surface area contributed by atoms with E-state index in [9.17, 15) is 18.4 Å². The first-order chi connectivity index (χ1) is 19.6. The molecule has 1 N–H and O–H groups in total. The SMILES string of the molecule is C=CCC1CCN(c2cc(Br)c3c(c2C(=O)Nc2cc(OC)nc(N4CCC(F)(F)C(C=C)C4)n2)CCC3=O)CC1. The van der Waals surface area contributed by atoms with Gasteiger partial charge in [-0.15, -0.1) is 13.2 Å². The number of amides is 1. The van der Waals surface area contributed by atoms with Crippen LogP contribution in [0.1, 0.15) is 58.4 Å². The molecule has 218 valence electrons. The minimum absolute atomic E-state index is 0.00170. The van der Waals surface area contributed by atoms with Gasteiger partial charge in [0.1, 0.15) is 5.82 Å². The number of carbonyl (C=O) groups is 2. The molecule has 2 saturated heterocycles. The quantitative estimate of drug-likeness (QED) is 0.355. The summed E-state index contributed by atoms with van der Waals surface area (Å²) < 4.78 is 34.7. The number of allylic oxidation sites excluding steroid dienone is 1. The number of benzene rings is 1. The zero-order valence-electron chi connectivity index (χ0n) is 23.1. The number of rotatable bonds is 8. The van der Waals surface area contributed by atoms with Gasteiger partial charge in [0.05, 0.1) is 24.3 Å². The largest absolute Gasteiger partial charge is 0.481 e. The summed E-state index contributed by atoms with van der Waals surface area (Å²) in [5.74, 6) is -3.19. The van der Waals surface area contributed by atoms with Crippen LogP contribution >= 0.6 is 15.9 Å². The molecule has 1 aromatic carbocycles. The second-order valence-corrected chi connectivity index (χ2v) is 11.7. The number of nitrogens with one attached hydrogen (secondary N) is 1. The number of alkyl halides is 2. The molecule has 0 bridgehead atoms. The minimum atomic E-state index is -2.86. The summed E-state index contributed by atoms with van der Waals surface area (Å²) in [6, 6.07) is 3.37. The van der Waals surface area contributed by atoms with Crippen molar-refractivity contribution >= 4 is 45.1 Å². The van der Waals surface area contributed by atoms with Crippen LogP contribution in [0.25, 0.3) is 0 Å². The van der Waals surface area contributed by atoms with E-state index in [0.29, 0.717) is 34.4 Å². The van der Waals surface area contributed by atoms with Crippen molar-refractivity contribution < 1.29 is 23.1 Å². The fourth-order valence-electron chi connectivity index (χ4n) is 6.01. The zero-order chi connectivity index (χ0) is 29.3. The van der Waals surface area contributed by atoms with Crippen molar-refractivity contribution in [3.63, 3.8) is 0 Å². The standard InChI is InChI=1S/C30H34BrF2N5O3/c1-4-6-18-9-12-37(13-10-18)22-15-21(31)26-20(7-8-23(26)39)27(22)28(40)34-24-16-25(41-3)36-29(35-24)38-14-11-30(32,33)19(5-2)17-38/h4-5,15-16,18-19H,1-2,6-14,17H2,3H3,(H,34,35,36,40). The Labute approximate surface area is 247 Å². The van der Waals surface area contributed by atoms with Gasteiger partial charge in [-0.25, -0.2) is 8.78 Å². The number of carbonyl (C=O) groups excluding carboxylic acids is 2. The van der Waals surface area contributed by atoms with Gasteiger partial charge < -0.3 is 19.9 Å². The summed E-state index contributed by atoms with van der Waals surface area (Å²) >= 11 is 3.59. The van der Waals surface area contributed by atoms with E-state index in [1.165, 1.54) is 19.3 Å². The fraction of sp³-hybridized carbons (Fsp3) is 0.467. The smallest absolute Gasteiger partial charge is 0.259 e. The van der Waals surface area contributed by atoms with Gasteiger partial charge in [0.15, 0.2) is 5.78 Å². The maximum absolute atomic E-state index is 14.3. The Bertz CT molecular complexity index is 1380. The molecule has 1 aromatic heterocycles. The zero-order valence-corrected chi connectivity index (χ0v) is 24.7. The van der Waals surface area contributed by atoms with Crippen LogP contribution in [-0.4, -0.2) is 60.9 Å². The van der Waals surface area contributed by atoms with E-state index in [2.05, 4.69) is 49.3 Å². The third-order valence-corrected chi connectivity index (χ3v) is 8.93. The van der Waals surface area contributed by atoms with Crippen molar-refractivity contribution in [2.45, 2.75) is 44.4 Å². The summed E-state index contributed by atoms with van der Waals surface area (Å²) in [5.41, 5.74) is 2.50. The molecule has 2 aromatic rings. The van der Waals surface area contributed by atoms with E-state index in [1.807, 2.05) is 12.1 Å². The maximum atomic E-state index is 14.3. The topological polar surface area (TPSA) is 87.7 Å². The normalized spacial score (nSPS) is 20.5. The number of halogens is 3. The van der Waals surface area contributed by atoms with Gasteiger partial charge in [-0.2, -0.15) is 9.97 Å². The number of anilines is 3. The van der Waals surface area contributed by atoms with Crippen molar-refractivity contribution in [3.05, 3.63) is 58.6 Å². The Morgan fingerprint density at radius 1 is 1.20 bits per heavy atom. The van der Waals surface area contributed by atoms with Crippen LogP contribution in [0.4, 0.5) is 26.2 Å². The Balaban J connectivity index is 1.47. The number of aromatic nitrogens is 2. The molecule has 8 nitrogen and oxygen atoms in total. The van der Waals surface area contributed by atoms with Crippen molar-refractivity contribution in [1.29, 1.82) is 0 Å². The Morgan fingerprint density at radius 3 is 2.63 bits per heavy atom. The van der Waals surface area contributed by atoms with Crippen LogP contribution in [-0.2, 0) is 6.42 Å². The number of methoxy groups -OCH3 is 1. The van der Waals surface area contributed by atoms with Gasteiger partial charge >= 0.3 is 0 Å². The molecule has 2 aliphatic heterocycles. The third-order valence-electron chi connectivity index (χ3n) is 8.31. The van der Waals surface area contributed by atoms with Crippen LogP contribution in [0.2, 0.25) is 0 Å².